The molecular formula is C12H15N5O2S. The van der Waals surface area contributed by atoms with Crippen LogP contribution in [-0.4, -0.2) is 55.3 Å². The van der Waals surface area contributed by atoms with Crippen molar-refractivity contribution in [2.75, 3.05) is 13.2 Å². The molecule has 106 valence electrons. The Morgan fingerprint density at radius 3 is 3.15 bits per heavy atom. The highest BCUT2D eigenvalue weighted by molar-refractivity contribution is 7.12. The van der Waals surface area contributed by atoms with Crippen molar-refractivity contribution in [3.63, 3.8) is 0 Å². The van der Waals surface area contributed by atoms with Crippen LogP contribution in [0.3, 0.4) is 0 Å². The van der Waals surface area contributed by atoms with E-state index in [2.05, 4.69) is 22.4 Å². The Kier molecular flexibility index (Phi) is 3.49. The summed E-state index contributed by atoms with van der Waals surface area (Å²) in [4.78, 5) is 15.0. The van der Waals surface area contributed by atoms with Crippen molar-refractivity contribution in [2.45, 2.75) is 19.4 Å². The smallest absolute Gasteiger partial charge is 0.266 e. The normalized spacial score (nSPS) is 22.4. The Balaban J connectivity index is 1.90. The maximum Gasteiger partial charge on any atom is 0.266 e. The first-order valence-electron chi connectivity index (χ1n) is 6.45. The minimum absolute atomic E-state index is 0.00149. The Morgan fingerprint density at radius 1 is 1.60 bits per heavy atom. The largest absolute Gasteiger partial charge is 0.394 e. The molecule has 1 aliphatic rings. The number of aromatic nitrogens is 4. The third kappa shape index (κ3) is 2.10. The second-order valence-corrected chi connectivity index (χ2v) is 5.82. The fraction of sp³-hybridized carbons (Fsp3) is 0.500. The lowest BCUT2D eigenvalue weighted by Gasteiger charge is -2.25. The minimum Gasteiger partial charge on any atom is -0.394 e. The molecule has 0 aliphatic carbocycles. The van der Waals surface area contributed by atoms with Gasteiger partial charge < -0.3 is 10.0 Å². The van der Waals surface area contributed by atoms with Crippen molar-refractivity contribution < 1.29 is 9.90 Å². The van der Waals surface area contributed by atoms with Gasteiger partial charge in [-0.2, -0.15) is 4.68 Å². The van der Waals surface area contributed by atoms with Gasteiger partial charge in [0.25, 0.3) is 5.91 Å². The van der Waals surface area contributed by atoms with Gasteiger partial charge in [-0.15, -0.1) is 16.4 Å². The summed E-state index contributed by atoms with van der Waals surface area (Å²) >= 11 is 1.37. The summed E-state index contributed by atoms with van der Waals surface area (Å²) in [6.07, 6.45) is 2.39. The van der Waals surface area contributed by atoms with Gasteiger partial charge >= 0.3 is 0 Å². The minimum atomic E-state index is -0.105. The SMILES string of the molecule is CC1CCN(C(=O)c2sccc2-n2cnnn2)C1CO. The second-order valence-electron chi connectivity index (χ2n) is 4.90. The molecule has 0 radical (unpaired) electrons. The number of hydrogen-bond acceptors (Lipinski definition) is 6. The van der Waals surface area contributed by atoms with Crippen LogP contribution in [0.15, 0.2) is 17.8 Å². The third-order valence-corrected chi connectivity index (χ3v) is 4.66. The Bertz CT molecular complexity index is 597. The van der Waals surface area contributed by atoms with Crippen LogP contribution >= 0.6 is 11.3 Å². The maximum atomic E-state index is 12.7. The van der Waals surface area contributed by atoms with Gasteiger partial charge in [-0.1, -0.05) is 6.92 Å². The van der Waals surface area contributed by atoms with Gasteiger partial charge in [0.1, 0.15) is 11.2 Å². The van der Waals surface area contributed by atoms with E-state index >= 15 is 0 Å². The Morgan fingerprint density at radius 2 is 2.45 bits per heavy atom. The van der Waals surface area contributed by atoms with Gasteiger partial charge in [-0.05, 0) is 34.2 Å². The number of hydrogen-bond donors (Lipinski definition) is 1. The van der Waals surface area contributed by atoms with Crippen molar-refractivity contribution in [1.82, 2.24) is 25.1 Å². The Hall–Kier alpha value is -1.80. The summed E-state index contributed by atoms with van der Waals surface area (Å²) in [6, 6.07) is 1.72. The molecule has 1 amide bonds. The van der Waals surface area contributed by atoms with E-state index in [1.165, 1.54) is 22.3 Å². The molecule has 0 spiro atoms. The first-order valence-corrected chi connectivity index (χ1v) is 7.33. The van der Waals surface area contributed by atoms with E-state index in [0.717, 1.165) is 6.42 Å². The van der Waals surface area contributed by atoms with Crippen LogP contribution in [0.2, 0.25) is 0 Å². The van der Waals surface area contributed by atoms with E-state index in [0.29, 0.717) is 23.0 Å². The van der Waals surface area contributed by atoms with Crippen molar-refractivity contribution in [2.24, 2.45) is 5.92 Å². The summed E-state index contributed by atoms with van der Waals surface area (Å²) in [7, 11) is 0. The van der Waals surface area contributed by atoms with Crippen molar-refractivity contribution in [1.29, 1.82) is 0 Å². The molecule has 1 aliphatic heterocycles. The number of carbonyl (C=O) groups excluding carboxylic acids is 1. The highest BCUT2D eigenvalue weighted by Gasteiger charge is 2.35. The van der Waals surface area contributed by atoms with E-state index in [9.17, 15) is 9.90 Å². The molecule has 3 rings (SSSR count). The van der Waals surface area contributed by atoms with E-state index in [1.807, 2.05) is 11.4 Å². The average Bonchev–Trinajstić information content (AvgIpc) is 3.17. The predicted molar refractivity (Wildman–Crippen MR) is 72.7 cm³/mol. The molecule has 0 bridgehead atoms. The number of nitrogens with zero attached hydrogens (tertiary/aromatic N) is 5. The van der Waals surface area contributed by atoms with Gasteiger partial charge in [0, 0.05) is 6.54 Å². The zero-order chi connectivity index (χ0) is 14.1. The number of rotatable bonds is 3. The van der Waals surface area contributed by atoms with Crippen LogP contribution in [0.1, 0.15) is 23.0 Å². The zero-order valence-electron chi connectivity index (χ0n) is 11.0. The lowest BCUT2D eigenvalue weighted by molar-refractivity contribution is 0.0653. The number of aliphatic hydroxyl groups is 1. The first kappa shape index (κ1) is 13.2. The molecular weight excluding hydrogens is 278 g/mol. The molecule has 7 nitrogen and oxygen atoms in total. The fourth-order valence-electron chi connectivity index (χ4n) is 2.58. The summed E-state index contributed by atoms with van der Waals surface area (Å²) in [5.41, 5.74) is 0.682. The van der Waals surface area contributed by atoms with Crippen molar-refractivity contribution >= 4 is 17.2 Å². The van der Waals surface area contributed by atoms with Crippen molar-refractivity contribution in [3.05, 3.63) is 22.7 Å². The molecule has 2 aromatic heterocycles. The van der Waals surface area contributed by atoms with E-state index in [1.54, 1.807) is 4.90 Å². The molecule has 2 aromatic rings. The topological polar surface area (TPSA) is 84.1 Å². The molecule has 8 heteroatoms. The molecule has 1 N–H and O–H groups in total. The predicted octanol–water partition coefficient (Wildman–Crippen LogP) is 0.567. The fourth-order valence-corrected chi connectivity index (χ4v) is 3.42. The molecule has 2 atom stereocenters. The number of carbonyl (C=O) groups is 1. The van der Waals surface area contributed by atoms with E-state index < -0.39 is 0 Å². The average molecular weight is 293 g/mol. The lowest BCUT2D eigenvalue weighted by Crippen LogP contribution is -2.39. The van der Waals surface area contributed by atoms with Crippen molar-refractivity contribution in [3.8, 4) is 5.69 Å². The van der Waals surface area contributed by atoms with Gasteiger partial charge in [-0.3, -0.25) is 4.79 Å². The molecule has 0 aromatic carbocycles. The summed E-state index contributed by atoms with van der Waals surface area (Å²) in [5.74, 6) is 0.259. The maximum absolute atomic E-state index is 12.7. The number of tetrazole rings is 1. The van der Waals surface area contributed by atoms with Crippen LogP contribution in [0.5, 0.6) is 0 Å². The van der Waals surface area contributed by atoms with Gasteiger partial charge in [0.15, 0.2) is 0 Å². The number of likely N-dealkylation sites (tertiary alicyclic amines) is 1. The first-order chi connectivity index (χ1) is 9.72. The Labute approximate surface area is 119 Å². The molecule has 20 heavy (non-hydrogen) atoms. The molecule has 0 saturated carbocycles. The summed E-state index contributed by atoms with van der Waals surface area (Å²) in [5, 5.41) is 22.3. The van der Waals surface area contributed by atoms with Crippen LogP contribution in [0, 0.1) is 5.92 Å². The summed E-state index contributed by atoms with van der Waals surface area (Å²) < 4.78 is 1.48. The van der Waals surface area contributed by atoms with Gasteiger partial charge in [0.05, 0.1) is 18.3 Å². The zero-order valence-corrected chi connectivity index (χ0v) is 11.8. The molecule has 3 heterocycles. The monoisotopic (exact) mass is 293 g/mol. The number of thiophene rings is 1. The quantitative estimate of drug-likeness (QED) is 0.894. The third-order valence-electron chi connectivity index (χ3n) is 3.76. The second kappa shape index (κ2) is 5.29. The van der Waals surface area contributed by atoms with Crippen LogP contribution in [0.25, 0.3) is 5.69 Å². The number of amides is 1. The van der Waals surface area contributed by atoms with Crippen LogP contribution in [0.4, 0.5) is 0 Å². The van der Waals surface area contributed by atoms with E-state index in [4.69, 9.17) is 0 Å². The van der Waals surface area contributed by atoms with Crippen LogP contribution in [-0.2, 0) is 0 Å². The number of aliphatic hydroxyl groups excluding tert-OH is 1. The molecule has 1 saturated heterocycles. The lowest BCUT2D eigenvalue weighted by atomic mass is 10.0. The van der Waals surface area contributed by atoms with Crippen LogP contribution < -0.4 is 0 Å². The molecule has 1 fully saturated rings. The highest BCUT2D eigenvalue weighted by atomic mass is 32.1. The van der Waals surface area contributed by atoms with E-state index in [-0.39, 0.29) is 18.6 Å². The highest BCUT2D eigenvalue weighted by Crippen LogP contribution is 2.29. The summed E-state index contributed by atoms with van der Waals surface area (Å²) in [6.45, 7) is 2.74. The molecule has 2 unspecified atom stereocenters. The standard InChI is InChI=1S/C12H15N5O2S/c1-8-2-4-16(10(8)6-18)12(19)11-9(3-5-20-11)17-7-13-14-15-17/h3,5,7-8,10,18H,2,4,6H2,1H3. The van der Waals surface area contributed by atoms with Gasteiger partial charge in [0.2, 0.25) is 0 Å². The van der Waals surface area contributed by atoms with Gasteiger partial charge in [-0.25, -0.2) is 0 Å².